The van der Waals surface area contributed by atoms with Crippen LogP contribution in [-0.2, 0) is 13.1 Å². The topological polar surface area (TPSA) is 91.6 Å². The van der Waals surface area contributed by atoms with Gasteiger partial charge in [0.15, 0.2) is 0 Å². The van der Waals surface area contributed by atoms with E-state index in [9.17, 15) is 9.59 Å². The number of rotatable bonds is 3. The van der Waals surface area contributed by atoms with Crippen LogP contribution in [0.15, 0.2) is 40.1 Å². The molecule has 104 valence electrons. The van der Waals surface area contributed by atoms with Gasteiger partial charge in [0.25, 0.3) is 5.56 Å². The van der Waals surface area contributed by atoms with Gasteiger partial charge in [-0.2, -0.15) is 10.5 Å². The number of nitrogens with zero attached hydrogens (tertiary/aromatic N) is 4. The smallest absolute Gasteiger partial charge is 0.299 e. The minimum atomic E-state index is -0.600. The molecule has 0 spiro atoms. The van der Waals surface area contributed by atoms with E-state index in [0.717, 1.165) is 4.57 Å². The van der Waals surface area contributed by atoms with Crippen molar-refractivity contribution in [3.05, 3.63) is 68.0 Å². The fraction of sp³-hybridized carbons (Fsp3) is 0.200. The first-order chi connectivity index (χ1) is 10.1. The second-order valence-electron chi connectivity index (χ2n) is 4.42. The van der Waals surface area contributed by atoms with Crippen LogP contribution in [0.25, 0.3) is 0 Å². The second kappa shape index (κ2) is 5.89. The van der Waals surface area contributed by atoms with Crippen molar-refractivity contribution in [2.45, 2.75) is 20.0 Å². The predicted octanol–water partition coefficient (Wildman–Crippen LogP) is 0.822. The van der Waals surface area contributed by atoms with Gasteiger partial charge in [-0.15, -0.1) is 0 Å². The molecule has 0 radical (unpaired) electrons. The van der Waals surface area contributed by atoms with Crippen LogP contribution in [-0.4, -0.2) is 9.13 Å². The van der Waals surface area contributed by atoms with E-state index < -0.39 is 11.2 Å². The van der Waals surface area contributed by atoms with Crippen molar-refractivity contribution in [2.75, 3.05) is 0 Å². The van der Waals surface area contributed by atoms with Crippen LogP contribution in [0.2, 0.25) is 0 Å². The van der Waals surface area contributed by atoms with Crippen LogP contribution >= 0.6 is 0 Å². The molecule has 6 heteroatoms. The molecule has 1 heterocycles. The van der Waals surface area contributed by atoms with E-state index in [0.29, 0.717) is 17.7 Å². The molecule has 0 bridgehead atoms. The third kappa shape index (κ3) is 2.75. The number of hydrogen-bond acceptors (Lipinski definition) is 4. The van der Waals surface area contributed by atoms with Crippen molar-refractivity contribution in [1.82, 2.24) is 9.13 Å². The summed E-state index contributed by atoms with van der Waals surface area (Å²) in [6.45, 7) is 2.21. The Hall–Kier alpha value is -3.12. The molecule has 0 N–H and O–H groups in total. The van der Waals surface area contributed by atoms with Gasteiger partial charge in [-0.05, 0) is 24.6 Å². The van der Waals surface area contributed by atoms with Crippen LogP contribution in [0.5, 0.6) is 0 Å². The van der Waals surface area contributed by atoms with Gasteiger partial charge in [-0.3, -0.25) is 13.9 Å². The van der Waals surface area contributed by atoms with E-state index in [1.807, 2.05) is 6.07 Å². The molecule has 0 fully saturated rings. The van der Waals surface area contributed by atoms with Crippen LogP contribution < -0.4 is 11.2 Å². The summed E-state index contributed by atoms with van der Waals surface area (Å²) in [5.41, 5.74) is 0.0984. The largest absolute Gasteiger partial charge is 0.331 e. The Morgan fingerprint density at radius 3 is 2.29 bits per heavy atom. The van der Waals surface area contributed by atoms with E-state index in [-0.39, 0.29) is 12.1 Å². The number of aromatic nitrogens is 2. The molecule has 2 aromatic rings. The molecule has 0 saturated carbocycles. The molecule has 6 nitrogen and oxygen atoms in total. The highest BCUT2D eigenvalue weighted by Gasteiger charge is 2.10. The summed E-state index contributed by atoms with van der Waals surface area (Å²) in [5, 5.41) is 17.7. The van der Waals surface area contributed by atoms with E-state index >= 15 is 0 Å². The van der Waals surface area contributed by atoms with Crippen LogP contribution in [0.1, 0.15) is 23.6 Å². The first-order valence-corrected chi connectivity index (χ1v) is 6.34. The molecule has 0 aliphatic heterocycles. The molecule has 0 aliphatic rings. The lowest BCUT2D eigenvalue weighted by molar-refractivity contribution is 0.597. The average Bonchev–Trinajstić information content (AvgIpc) is 2.52. The van der Waals surface area contributed by atoms with Gasteiger partial charge in [0.1, 0.15) is 11.6 Å². The lowest BCUT2D eigenvalue weighted by atomic mass is 10.1. The molecule has 2 rings (SSSR count). The lowest BCUT2D eigenvalue weighted by Crippen LogP contribution is -2.40. The Bertz CT molecular complexity index is 861. The molecule has 0 aliphatic carbocycles. The highest BCUT2D eigenvalue weighted by atomic mass is 16.2. The molecular formula is C15H12N4O2. The monoisotopic (exact) mass is 280 g/mol. The lowest BCUT2D eigenvalue weighted by Gasteiger charge is -2.09. The minimum Gasteiger partial charge on any atom is -0.299 e. The van der Waals surface area contributed by atoms with Crippen molar-refractivity contribution < 1.29 is 0 Å². The van der Waals surface area contributed by atoms with Gasteiger partial charge >= 0.3 is 5.69 Å². The van der Waals surface area contributed by atoms with Gasteiger partial charge in [-0.25, -0.2) is 4.79 Å². The molecular weight excluding hydrogens is 268 g/mol. The molecule has 0 unspecified atom stereocenters. The van der Waals surface area contributed by atoms with E-state index in [1.54, 1.807) is 37.3 Å². The maximum atomic E-state index is 12.2. The zero-order valence-corrected chi connectivity index (χ0v) is 11.4. The van der Waals surface area contributed by atoms with Gasteiger partial charge in [0.2, 0.25) is 0 Å². The summed E-state index contributed by atoms with van der Waals surface area (Å²) in [6.07, 6.45) is 1.28. The van der Waals surface area contributed by atoms with Crippen molar-refractivity contribution in [3.63, 3.8) is 0 Å². The molecule has 1 aromatic carbocycles. The normalized spacial score (nSPS) is 9.86. The third-order valence-electron chi connectivity index (χ3n) is 3.12. The van der Waals surface area contributed by atoms with Crippen molar-refractivity contribution in [3.8, 4) is 12.1 Å². The molecule has 21 heavy (non-hydrogen) atoms. The summed E-state index contributed by atoms with van der Waals surface area (Å²) >= 11 is 0. The van der Waals surface area contributed by atoms with Crippen LogP contribution in [0.3, 0.4) is 0 Å². The fourth-order valence-electron chi connectivity index (χ4n) is 1.96. The van der Waals surface area contributed by atoms with Gasteiger partial charge in [-0.1, -0.05) is 12.1 Å². The predicted molar refractivity (Wildman–Crippen MR) is 75.6 cm³/mol. The van der Waals surface area contributed by atoms with Crippen molar-refractivity contribution in [2.24, 2.45) is 0 Å². The van der Waals surface area contributed by atoms with E-state index in [1.165, 1.54) is 10.8 Å². The number of benzene rings is 1. The maximum Gasteiger partial charge on any atom is 0.331 e. The van der Waals surface area contributed by atoms with Crippen LogP contribution in [0, 0.1) is 22.7 Å². The molecule has 1 aromatic heterocycles. The third-order valence-corrected chi connectivity index (χ3v) is 3.12. The highest BCUT2D eigenvalue weighted by Crippen LogP contribution is 2.04. The second-order valence-corrected chi connectivity index (χ2v) is 4.42. The van der Waals surface area contributed by atoms with Gasteiger partial charge < -0.3 is 0 Å². The van der Waals surface area contributed by atoms with Gasteiger partial charge in [0, 0.05) is 12.7 Å². The Kier molecular flexibility index (Phi) is 4.01. The molecule has 0 amide bonds. The van der Waals surface area contributed by atoms with Crippen molar-refractivity contribution in [1.29, 1.82) is 10.5 Å². The first kappa shape index (κ1) is 14.3. The van der Waals surface area contributed by atoms with Crippen molar-refractivity contribution >= 4 is 0 Å². The number of hydrogen-bond donors (Lipinski definition) is 0. The number of aryl methyl sites for hydroxylation is 1. The van der Waals surface area contributed by atoms with Gasteiger partial charge in [0.05, 0.1) is 18.2 Å². The van der Waals surface area contributed by atoms with E-state index in [2.05, 4.69) is 0 Å². The molecule has 0 saturated heterocycles. The summed E-state index contributed by atoms with van der Waals surface area (Å²) < 4.78 is 2.35. The zero-order chi connectivity index (χ0) is 15.4. The van der Waals surface area contributed by atoms with Crippen LogP contribution in [0.4, 0.5) is 0 Å². The maximum absolute atomic E-state index is 12.2. The summed E-state index contributed by atoms with van der Waals surface area (Å²) in [5.74, 6) is 0. The fourth-order valence-corrected chi connectivity index (χ4v) is 1.96. The quantitative estimate of drug-likeness (QED) is 0.832. The zero-order valence-electron chi connectivity index (χ0n) is 11.4. The summed E-state index contributed by atoms with van der Waals surface area (Å²) in [4.78, 5) is 24.3. The van der Waals surface area contributed by atoms with E-state index in [4.69, 9.17) is 10.5 Å². The first-order valence-electron chi connectivity index (χ1n) is 6.34. The Morgan fingerprint density at radius 2 is 1.76 bits per heavy atom. The molecule has 0 atom stereocenters. The average molecular weight is 280 g/mol. The Morgan fingerprint density at radius 1 is 1.10 bits per heavy atom. The highest BCUT2D eigenvalue weighted by molar-refractivity contribution is 5.32. The number of nitriles is 2. The minimum absolute atomic E-state index is 0.0647. The SMILES string of the molecule is CCn1cc(C#N)c(=O)n(Cc2ccc(C#N)cc2)c1=O. The Balaban J connectivity index is 2.53. The Labute approximate surface area is 120 Å². The standard InChI is InChI=1S/C15H12N4O2/c1-2-18-10-13(8-17)14(20)19(15(18)21)9-12-5-3-11(7-16)4-6-12/h3-6,10H,2,9H2,1H3. The summed E-state index contributed by atoms with van der Waals surface area (Å²) in [6, 6.07) is 10.4. The summed E-state index contributed by atoms with van der Waals surface area (Å²) in [7, 11) is 0.